The molecule has 2 aromatic heterocycles. The lowest BCUT2D eigenvalue weighted by Crippen LogP contribution is -2.00. The van der Waals surface area contributed by atoms with E-state index in [2.05, 4.69) is 11.1 Å². The van der Waals surface area contributed by atoms with Crippen LogP contribution in [0.1, 0.15) is 44.9 Å². The van der Waals surface area contributed by atoms with Gasteiger partial charge in [-0.15, -0.1) is 11.3 Å². The summed E-state index contributed by atoms with van der Waals surface area (Å²) in [5.41, 5.74) is 1.97. The molecule has 0 amide bonds. The topological polar surface area (TPSA) is 39.2 Å². The van der Waals surface area contributed by atoms with Gasteiger partial charge in [0.1, 0.15) is 5.75 Å². The molecule has 0 saturated heterocycles. The molecule has 0 bridgehead atoms. The molecule has 104 valence electrons. The van der Waals surface area contributed by atoms with Crippen molar-refractivity contribution in [1.29, 1.82) is 0 Å². The van der Waals surface area contributed by atoms with Crippen molar-refractivity contribution < 1.29 is 9.53 Å². The number of aromatic nitrogens is 1. The van der Waals surface area contributed by atoms with Gasteiger partial charge in [-0.1, -0.05) is 6.42 Å². The van der Waals surface area contributed by atoms with Crippen LogP contribution in [0.3, 0.4) is 0 Å². The minimum atomic E-state index is 0.0504. The SMILES string of the molecule is COc1cncc(C(=O)c2cc3c(s2)CCCCC3)c1. The second-order valence-electron chi connectivity index (χ2n) is 5.06. The molecule has 2 aromatic rings. The van der Waals surface area contributed by atoms with Crippen LogP contribution in [-0.2, 0) is 12.8 Å². The lowest BCUT2D eigenvalue weighted by molar-refractivity contribution is 0.104. The van der Waals surface area contributed by atoms with E-state index in [0.29, 0.717) is 11.3 Å². The Labute approximate surface area is 122 Å². The molecule has 4 heteroatoms. The lowest BCUT2D eigenvalue weighted by atomic mass is 10.1. The Bertz CT molecular complexity index is 610. The normalized spacial score (nSPS) is 14.4. The number of thiophene rings is 1. The summed E-state index contributed by atoms with van der Waals surface area (Å²) in [6.07, 6.45) is 9.21. The van der Waals surface area contributed by atoms with E-state index < -0.39 is 0 Å². The van der Waals surface area contributed by atoms with Crippen molar-refractivity contribution in [2.24, 2.45) is 0 Å². The van der Waals surface area contributed by atoms with Crippen LogP contribution in [0.25, 0.3) is 0 Å². The number of ketones is 1. The minimum absolute atomic E-state index is 0.0504. The second kappa shape index (κ2) is 5.75. The highest BCUT2D eigenvalue weighted by molar-refractivity contribution is 7.14. The summed E-state index contributed by atoms with van der Waals surface area (Å²) < 4.78 is 5.13. The van der Waals surface area contributed by atoms with Crippen molar-refractivity contribution in [3.05, 3.63) is 45.4 Å². The fourth-order valence-corrected chi connectivity index (χ4v) is 3.79. The van der Waals surface area contributed by atoms with Crippen molar-refractivity contribution in [1.82, 2.24) is 4.98 Å². The lowest BCUT2D eigenvalue weighted by Gasteiger charge is -2.01. The Morgan fingerprint density at radius 2 is 2.05 bits per heavy atom. The number of aryl methyl sites for hydroxylation is 2. The van der Waals surface area contributed by atoms with Crippen LogP contribution < -0.4 is 4.74 Å². The standard InChI is InChI=1S/C16H17NO2S/c1-19-13-7-12(9-17-10-13)16(18)15-8-11-5-3-2-4-6-14(11)20-15/h7-10H,2-6H2,1H3. The van der Waals surface area contributed by atoms with Gasteiger partial charge in [0.2, 0.25) is 5.78 Å². The molecule has 2 heterocycles. The predicted octanol–water partition coefficient (Wildman–Crippen LogP) is 3.65. The third-order valence-electron chi connectivity index (χ3n) is 3.68. The van der Waals surface area contributed by atoms with Crippen molar-refractivity contribution in [2.75, 3.05) is 7.11 Å². The van der Waals surface area contributed by atoms with E-state index in [-0.39, 0.29) is 5.78 Å². The zero-order valence-electron chi connectivity index (χ0n) is 11.5. The predicted molar refractivity (Wildman–Crippen MR) is 79.8 cm³/mol. The molecule has 3 nitrogen and oxygen atoms in total. The molecule has 20 heavy (non-hydrogen) atoms. The maximum absolute atomic E-state index is 12.5. The molecule has 0 radical (unpaired) electrons. The molecule has 0 aliphatic heterocycles. The molecule has 0 unspecified atom stereocenters. The highest BCUT2D eigenvalue weighted by Gasteiger charge is 2.18. The quantitative estimate of drug-likeness (QED) is 0.639. The van der Waals surface area contributed by atoms with E-state index in [0.717, 1.165) is 17.7 Å². The van der Waals surface area contributed by atoms with Crippen molar-refractivity contribution in [3.8, 4) is 5.75 Å². The molecule has 0 N–H and O–H groups in total. The number of ether oxygens (including phenoxy) is 1. The van der Waals surface area contributed by atoms with Crippen LogP contribution in [-0.4, -0.2) is 17.9 Å². The Morgan fingerprint density at radius 1 is 1.20 bits per heavy atom. The first-order chi connectivity index (χ1) is 9.78. The fraction of sp³-hybridized carbons (Fsp3) is 0.375. The van der Waals surface area contributed by atoms with Crippen LogP contribution in [0.5, 0.6) is 5.75 Å². The third-order valence-corrected chi connectivity index (χ3v) is 4.92. The Hall–Kier alpha value is -1.68. The molecule has 3 rings (SSSR count). The average molecular weight is 287 g/mol. The van der Waals surface area contributed by atoms with Gasteiger partial charge in [0, 0.05) is 16.6 Å². The van der Waals surface area contributed by atoms with E-state index in [1.807, 2.05) is 0 Å². The van der Waals surface area contributed by atoms with Gasteiger partial charge in [-0.3, -0.25) is 9.78 Å². The smallest absolute Gasteiger partial charge is 0.204 e. The molecular weight excluding hydrogens is 270 g/mol. The first-order valence-corrected chi connectivity index (χ1v) is 7.75. The maximum atomic E-state index is 12.5. The number of hydrogen-bond donors (Lipinski definition) is 0. The number of pyridine rings is 1. The van der Waals surface area contributed by atoms with Crippen LogP contribution in [0, 0.1) is 0 Å². The number of methoxy groups -OCH3 is 1. The Kier molecular flexibility index (Phi) is 3.83. The average Bonchev–Trinajstić information content (AvgIpc) is 2.77. The summed E-state index contributed by atoms with van der Waals surface area (Å²) in [5, 5.41) is 0. The summed E-state index contributed by atoms with van der Waals surface area (Å²) in [5.74, 6) is 0.670. The molecule has 0 spiro atoms. The number of fused-ring (bicyclic) bond motifs is 1. The van der Waals surface area contributed by atoms with E-state index in [1.54, 1.807) is 36.9 Å². The largest absolute Gasteiger partial charge is 0.495 e. The van der Waals surface area contributed by atoms with E-state index in [4.69, 9.17) is 4.74 Å². The summed E-state index contributed by atoms with van der Waals surface area (Å²) >= 11 is 1.65. The van der Waals surface area contributed by atoms with Crippen LogP contribution in [0.15, 0.2) is 24.5 Å². The van der Waals surface area contributed by atoms with Gasteiger partial charge in [0.15, 0.2) is 0 Å². The molecular formula is C16H17NO2S. The van der Waals surface area contributed by atoms with Crippen molar-refractivity contribution in [2.45, 2.75) is 32.1 Å². The van der Waals surface area contributed by atoms with Gasteiger partial charge in [-0.05, 0) is 43.4 Å². The molecule has 0 atom stereocenters. The Balaban J connectivity index is 1.90. The molecule has 0 fully saturated rings. The first-order valence-electron chi connectivity index (χ1n) is 6.93. The number of nitrogens with zero attached hydrogens (tertiary/aromatic N) is 1. The molecule has 0 aromatic carbocycles. The minimum Gasteiger partial charge on any atom is -0.495 e. The second-order valence-corrected chi connectivity index (χ2v) is 6.20. The van der Waals surface area contributed by atoms with Gasteiger partial charge in [0.05, 0.1) is 18.2 Å². The summed E-state index contributed by atoms with van der Waals surface area (Å²) in [4.78, 5) is 18.8. The monoisotopic (exact) mass is 287 g/mol. The van der Waals surface area contributed by atoms with Crippen molar-refractivity contribution >= 4 is 17.1 Å². The zero-order valence-corrected chi connectivity index (χ0v) is 12.3. The number of hydrogen-bond acceptors (Lipinski definition) is 4. The highest BCUT2D eigenvalue weighted by Crippen LogP contribution is 2.30. The van der Waals surface area contributed by atoms with Gasteiger partial charge in [-0.2, -0.15) is 0 Å². The van der Waals surface area contributed by atoms with Crippen LogP contribution in [0.4, 0.5) is 0 Å². The summed E-state index contributed by atoms with van der Waals surface area (Å²) in [7, 11) is 1.58. The number of rotatable bonds is 3. The van der Waals surface area contributed by atoms with Crippen molar-refractivity contribution in [3.63, 3.8) is 0 Å². The van der Waals surface area contributed by atoms with E-state index in [1.165, 1.54) is 29.7 Å². The number of carbonyl (C=O) groups excluding carboxylic acids is 1. The van der Waals surface area contributed by atoms with Gasteiger partial charge in [-0.25, -0.2) is 0 Å². The molecule has 1 aliphatic rings. The summed E-state index contributed by atoms with van der Waals surface area (Å²) in [6, 6.07) is 3.83. The molecule has 0 saturated carbocycles. The number of carbonyl (C=O) groups is 1. The van der Waals surface area contributed by atoms with Gasteiger partial charge in [0.25, 0.3) is 0 Å². The van der Waals surface area contributed by atoms with E-state index >= 15 is 0 Å². The van der Waals surface area contributed by atoms with Crippen LogP contribution in [0.2, 0.25) is 0 Å². The fourth-order valence-electron chi connectivity index (χ4n) is 2.58. The van der Waals surface area contributed by atoms with Gasteiger partial charge >= 0.3 is 0 Å². The zero-order chi connectivity index (χ0) is 13.9. The Morgan fingerprint density at radius 3 is 2.90 bits per heavy atom. The summed E-state index contributed by atoms with van der Waals surface area (Å²) in [6.45, 7) is 0. The molecule has 1 aliphatic carbocycles. The highest BCUT2D eigenvalue weighted by atomic mass is 32.1. The van der Waals surface area contributed by atoms with E-state index in [9.17, 15) is 4.79 Å². The van der Waals surface area contributed by atoms with Gasteiger partial charge < -0.3 is 4.74 Å². The first kappa shape index (κ1) is 13.3. The third kappa shape index (κ3) is 2.61. The van der Waals surface area contributed by atoms with Crippen LogP contribution >= 0.6 is 11.3 Å². The maximum Gasteiger partial charge on any atom is 0.204 e.